The minimum atomic E-state index is -3.94. The molecule has 7 nitrogen and oxygen atoms in total. The molecule has 1 N–H and O–H groups in total. The summed E-state index contributed by atoms with van der Waals surface area (Å²) < 4.78 is 29.5. The van der Waals surface area contributed by atoms with E-state index in [4.69, 9.17) is 23.2 Å². The molecule has 1 aliphatic heterocycles. The third-order valence-electron chi connectivity index (χ3n) is 5.61. The smallest absolute Gasteiger partial charge is 0.267 e. The fourth-order valence-electron chi connectivity index (χ4n) is 3.92. The Labute approximate surface area is 189 Å². The number of nitrogens with one attached hydrogen (secondary N) is 1. The van der Waals surface area contributed by atoms with Crippen molar-refractivity contribution >= 4 is 38.9 Å². The van der Waals surface area contributed by atoms with Crippen LogP contribution in [0.4, 0.5) is 5.69 Å². The first-order valence-corrected chi connectivity index (χ1v) is 12.2. The first-order valence-electron chi connectivity index (χ1n) is 10.0. The lowest BCUT2D eigenvalue weighted by Gasteiger charge is -2.27. The van der Waals surface area contributed by atoms with Gasteiger partial charge in [0.15, 0.2) is 0 Å². The van der Waals surface area contributed by atoms with E-state index in [1.807, 2.05) is 6.92 Å². The van der Waals surface area contributed by atoms with Crippen molar-refractivity contribution in [2.24, 2.45) is 7.05 Å². The van der Waals surface area contributed by atoms with Gasteiger partial charge in [0, 0.05) is 40.3 Å². The molecule has 30 heavy (non-hydrogen) atoms. The van der Waals surface area contributed by atoms with E-state index in [1.54, 1.807) is 30.8 Å². The number of piperazine rings is 1. The molecule has 1 saturated heterocycles. The van der Waals surface area contributed by atoms with Gasteiger partial charge in [0.2, 0.25) is 0 Å². The minimum absolute atomic E-state index is 0.0677. The molecule has 0 radical (unpaired) electrons. The monoisotopic (exact) mass is 473 g/mol. The molecule has 1 aliphatic rings. The van der Waals surface area contributed by atoms with Crippen LogP contribution >= 0.6 is 23.2 Å². The Balaban J connectivity index is 1.80. The molecule has 2 heterocycles. The van der Waals surface area contributed by atoms with E-state index in [-0.39, 0.29) is 14.9 Å². The summed E-state index contributed by atoms with van der Waals surface area (Å²) in [4.78, 5) is 2.35. The molecule has 0 aliphatic carbocycles. The van der Waals surface area contributed by atoms with Gasteiger partial charge in [0.25, 0.3) is 10.0 Å². The van der Waals surface area contributed by atoms with Crippen LogP contribution in [0, 0.1) is 13.8 Å². The number of hydrogen-bond donors (Lipinski definition) is 1. The van der Waals surface area contributed by atoms with E-state index in [1.165, 1.54) is 11.4 Å². The maximum absolute atomic E-state index is 13.3. The average molecular weight is 474 g/mol. The van der Waals surface area contributed by atoms with Crippen LogP contribution in [0.2, 0.25) is 10.0 Å². The van der Waals surface area contributed by atoms with Gasteiger partial charge in [0.1, 0.15) is 4.90 Å². The van der Waals surface area contributed by atoms with Crippen LogP contribution in [-0.2, 0) is 23.5 Å². The molecule has 1 aromatic heterocycles. The SMILES string of the molecule is Cc1nn(C)c(C)c1N(C)S(=O)(=O)c1c(Cl)cc(CCCN2CCNCC2)cc1Cl. The number of benzene rings is 1. The number of aryl methyl sites for hydroxylation is 3. The largest absolute Gasteiger partial charge is 0.314 e. The quantitative estimate of drug-likeness (QED) is 0.668. The highest BCUT2D eigenvalue weighted by Gasteiger charge is 2.30. The van der Waals surface area contributed by atoms with Crippen molar-refractivity contribution in [3.63, 3.8) is 0 Å². The molecular weight excluding hydrogens is 445 g/mol. The average Bonchev–Trinajstić information content (AvgIpc) is 2.93. The van der Waals surface area contributed by atoms with Crippen LogP contribution in [0.25, 0.3) is 0 Å². The number of hydrogen-bond acceptors (Lipinski definition) is 5. The van der Waals surface area contributed by atoms with Crippen LogP contribution in [-0.4, -0.2) is 62.9 Å². The van der Waals surface area contributed by atoms with Crippen LogP contribution in [0.5, 0.6) is 0 Å². The van der Waals surface area contributed by atoms with Crippen molar-refractivity contribution in [3.8, 4) is 0 Å². The molecule has 0 bridgehead atoms. The molecular formula is C20H29Cl2N5O2S. The lowest BCUT2D eigenvalue weighted by molar-refractivity contribution is 0.238. The second kappa shape index (κ2) is 9.44. The van der Waals surface area contributed by atoms with Gasteiger partial charge >= 0.3 is 0 Å². The van der Waals surface area contributed by atoms with Crippen LogP contribution in [0.1, 0.15) is 23.4 Å². The van der Waals surface area contributed by atoms with E-state index < -0.39 is 10.0 Å². The topological polar surface area (TPSA) is 70.5 Å². The highest BCUT2D eigenvalue weighted by molar-refractivity contribution is 7.93. The Morgan fingerprint density at radius 1 is 1.17 bits per heavy atom. The Hall–Kier alpha value is -1.32. The molecule has 1 aromatic carbocycles. The molecule has 0 unspecified atom stereocenters. The Kier molecular flexibility index (Phi) is 7.35. The zero-order chi connectivity index (χ0) is 22.1. The number of aromatic nitrogens is 2. The Morgan fingerprint density at radius 3 is 2.30 bits per heavy atom. The molecule has 0 saturated carbocycles. The number of nitrogens with zero attached hydrogens (tertiary/aromatic N) is 4. The lowest BCUT2D eigenvalue weighted by atomic mass is 10.1. The summed E-state index contributed by atoms with van der Waals surface area (Å²) in [7, 11) is -0.659. The number of rotatable bonds is 7. The first kappa shape index (κ1) is 23.3. The molecule has 2 aromatic rings. The third kappa shape index (κ3) is 4.78. The zero-order valence-corrected chi connectivity index (χ0v) is 20.2. The van der Waals surface area contributed by atoms with Crippen LogP contribution < -0.4 is 9.62 Å². The molecule has 0 spiro atoms. The van der Waals surface area contributed by atoms with Gasteiger partial charge in [-0.3, -0.25) is 8.99 Å². The summed E-state index contributed by atoms with van der Waals surface area (Å²) in [5.74, 6) is 0. The van der Waals surface area contributed by atoms with Gasteiger partial charge in [0.05, 0.1) is 27.1 Å². The van der Waals surface area contributed by atoms with Crippen LogP contribution in [0.3, 0.4) is 0 Å². The summed E-state index contributed by atoms with van der Waals surface area (Å²) in [6.07, 6.45) is 1.76. The van der Waals surface area contributed by atoms with Crippen molar-refractivity contribution in [2.75, 3.05) is 44.1 Å². The second-order valence-electron chi connectivity index (χ2n) is 7.70. The van der Waals surface area contributed by atoms with E-state index in [9.17, 15) is 8.42 Å². The Morgan fingerprint density at radius 2 is 1.77 bits per heavy atom. The van der Waals surface area contributed by atoms with Gasteiger partial charge in [-0.1, -0.05) is 23.2 Å². The predicted octanol–water partition coefficient (Wildman–Crippen LogP) is 3.01. The van der Waals surface area contributed by atoms with Crippen molar-refractivity contribution in [1.82, 2.24) is 20.0 Å². The van der Waals surface area contributed by atoms with Gasteiger partial charge < -0.3 is 10.2 Å². The normalized spacial score (nSPS) is 15.5. The number of halogens is 2. The summed E-state index contributed by atoms with van der Waals surface area (Å²) in [5.41, 5.74) is 2.84. The van der Waals surface area contributed by atoms with Gasteiger partial charge in [-0.2, -0.15) is 5.10 Å². The van der Waals surface area contributed by atoms with Gasteiger partial charge in [-0.05, 0) is 50.9 Å². The fraction of sp³-hybridized carbons (Fsp3) is 0.550. The molecule has 3 rings (SSSR count). The molecule has 0 amide bonds. The van der Waals surface area contributed by atoms with Gasteiger partial charge in [-0.15, -0.1) is 0 Å². The van der Waals surface area contributed by atoms with Crippen molar-refractivity contribution < 1.29 is 8.42 Å². The summed E-state index contributed by atoms with van der Waals surface area (Å²) in [6, 6.07) is 3.43. The number of sulfonamides is 1. The molecule has 0 atom stereocenters. The molecule has 1 fully saturated rings. The van der Waals surface area contributed by atoms with Crippen molar-refractivity contribution in [2.45, 2.75) is 31.6 Å². The van der Waals surface area contributed by atoms with E-state index >= 15 is 0 Å². The van der Waals surface area contributed by atoms with Gasteiger partial charge in [-0.25, -0.2) is 8.42 Å². The predicted molar refractivity (Wildman–Crippen MR) is 122 cm³/mol. The second-order valence-corrected chi connectivity index (χ2v) is 10.4. The standard InChI is InChI=1S/C20H29Cl2N5O2S/c1-14-19(15(2)25(3)24-14)26(4)30(28,29)20-17(21)12-16(13-18(20)22)6-5-9-27-10-7-23-8-11-27/h12-13,23H,5-11H2,1-4H3. The summed E-state index contributed by atoms with van der Waals surface area (Å²) in [6.45, 7) is 8.75. The minimum Gasteiger partial charge on any atom is -0.314 e. The molecule has 166 valence electrons. The summed E-state index contributed by atoms with van der Waals surface area (Å²) >= 11 is 12.9. The zero-order valence-electron chi connectivity index (χ0n) is 17.9. The maximum Gasteiger partial charge on any atom is 0.267 e. The highest BCUT2D eigenvalue weighted by Crippen LogP contribution is 2.36. The molecule has 10 heteroatoms. The van der Waals surface area contributed by atoms with Crippen molar-refractivity contribution in [3.05, 3.63) is 39.1 Å². The Bertz CT molecular complexity index is 993. The first-order chi connectivity index (χ1) is 14.1. The number of anilines is 1. The maximum atomic E-state index is 13.3. The highest BCUT2D eigenvalue weighted by atomic mass is 35.5. The van der Waals surface area contributed by atoms with E-state index in [0.717, 1.165) is 56.8 Å². The summed E-state index contributed by atoms with van der Waals surface area (Å²) in [5, 5.41) is 7.94. The van der Waals surface area contributed by atoms with Crippen molar-refractivity contribution in [1.29, 1.82) is 0 Å². The third-order valence-corrected chi connectivity index (χ3v) is 8.29. The van der Waals surface area contributed by atoms with E-state index in [0.29, 0.717) is 11.4 Å². The van der Waals surface area contributed by atoms with Crippen LogP contribution in [0.15, 0.2) is 17.0 Å². The fourth-order valence-corrected chi connectivity index (χ4v) is 6.43. The lowest BCUT2D eigenvalue weighted by Crippen LogP contribution is -2.43. The van der Waals surface area contributed by atoms with E-state index in [2.05, 4.69) is 15.3 Å².